The van der Waals surface area contributed by atoms with Crippen molar-refractivity contribution in [3.05, 3.63) is 90.7 Å². The lowest BCUT2D eigenvalue weighted by Gasteiger charge is -2.08. The Kier molecular flexibility index (Phi) is 5.38. The van der Waals surface area contributed by atoms with Gasteiger partial charge in [0.05, 0.1) is 0 Å². The number of amides is 1. The summed E-state index contributed by atoms with van der Waals surface area (Å²) < 4.78 is 11.1. The zero-order chi connectivity index (χ0) is 20.1. The van der Waals surface area contributed by atoms with Gasteiger partial charge in [0.1, 0.15) is 17.7 Å². The van der Waals surface area contributed by atoms with E-state index in [0.717, 1.165) is 22.4 Å². The molecule has 0 aliphatic carbocycles. The molecule has 0 aliphatic heterocycles. The van der Waals surface area contributed by atoms with Crippen molar-refractivity contribution < 1.29 is 13.9 Å². The molecule has 1 heterocycles. The number of ether oxygens (including phenoxy) is 1. The van der Waals surface area contributed by atoms with Crippen molar-refractivity contribution in [1.29, 1.82) is 0 Å². The van der Waals surface area contributed by atoms with E-state index >= 15 is 0 Å². The Labute approximate surface area is 169 Å². The molecule has 4 rings (SSSR count). The fraction of sp³-hybridized carbons (Fsp3) is 0.0833. The van der Waals surface area contributed by atoms with E-state index in [9.17, 15) is 4.79 Å². The quantitative estimate of drug-likeness (QED) is 0.488. The molecule has 4 aromatic rings. The minimum Gasteiger partial charge on any atom is -0.484 e. The van der Waals surface area contributed by atoms with Crippen molar-refractivity contribution in [3.8, 4) is 28.5 Å². The van der Waals surface area contributed by atoms with Crippen LogP contribution in [0, 0.1) is 6.92 Å². The van der Waals surface area contributed by atoms with Gasteiger partial charge in [0.2, 0.25) is 5.89 Å². The third kappa shape index (κ3) is 4.71. The van der Waals surface area contributed by atoms with Crippen molar-refractivity contribution in [3.63, 3.8) is 0 Å². The van der Waals surface area contributed by atoms with Gasteiger partial charge in [-0.3, -0.25) is 4.79 Å². The second-order valence-corrected chi connectivity index (χ2v) is 6.63. The van der Waals surface area contributed by atoms with Crippen LogP contribution in [0.4, 0.5) is 5.69 Å². The monoisotopic (exact) mass is 384 g/mol. The molecule has 144 valence electrons. The highest BCUT2D eigenvalue weighted by molar-refractivity contribution is 5.92. The normalized spacial score (nSPS) is 10.5. The zero-order valence-corrected chi connectivity index (χ0v) is 16.0. The Balaban J connectivity index is 1.36. The summed E-state index contributed by atoms with van der Waals surface area (Å²) in [6.07, 6.45) is 1.64. The lowest BCUT2D eigenvalue weighted by Crippen LogP contribution is -2.20. The van der Waals surface area contributed by atoms with Crippen LogP contribution in [0.5, 0.6) is 5.75 Å². The van der Waals surface area contributed by atoms with Crippen LogP contribution < -0.4 is 10.1 Å². The lowest BCUT2D eigenvalue weighted by molar-refractivity contribution is -0.118. The summed E-state index contributed by atoms with van der Waals surface area (Å²) in [6.45, 7) is 1.95. The number of aromatic nitrogens is 1. The fourth-order valence-corrected chi connectivity index (χ4v) is 2.82. The minimum absolute atomic E-state index is 0.0506. The van der Waals surface area contributed by atoms with Crippen LogP contribution in [-0.2, 0) is 4.79 Å². The van der Waals surface area contributed by atoms with Gasteiger partial charge in [-0.1, -0.05) is 48.0 Å². The number of hydrogen-bond acceptors (Lipinski definition) is 4. The third-order valence-electron chi connectivity index (χ3n) is 4.38. The van der Waals surface area contributed by atoms with Gasteiger partial charge in [-0.05, 0) is 43.3 Å². The highest BCUT2D eigenvalue weighted by Gasteiger charge is 2.09. The number of carbonyl (C=O) groups is 1. The number of oxazole rings is 1. The van der Waals surface area contributed by atoms with Crippen LogP contribution in [0.25, 0.3) is 22.7 Å². The van der Waals surface area contributed by atoms with Gasteiger partial charge >= 0.3 is 0 Å². The summed E-state index contributed by atoms with van der Waals surface area (Å²) in [4.78, 5) is 16.6. The van der Waals surface area contributed by atoms with E-state index in [1.807, 2.05) is 85.8 Å². The van der Waals surface area contributed by atoms with Crippen molar-refractivity contribution in [2.75, 3.05) is 11.9 Å². The van der Waals surface area contributed by atoms with Crippen LogP contribution in [0.3, 0.4) is 0 Å². The van der Waals surface area contributed by atoms with Crippen LogP contribution in [0.2, 0.25) is 0 Å². The molecule has 3 aromatic carbocycles. The van der Waals surface area contributed by atoms with Crippen LogP contribution >= 0.6 is 0 Å². The number of aryl methyl sites for hydroxylation is 1. The average molecular weight is 384 g/mol. The van der Waals surface area contributed by atoms with Crippen molar-refractivity contribution in [1.82, 2.24) is 4.98 Å². The Morgan fingerprint density at radius 1 is 0.931 bits per heavy atom. The highest BCUT2D eigenvalue weighted by atomic mass is 16.5. The van der Waals surface area contributed by atoms with Gasteiger partial charge in [-0.15, -0.1) is 0 Å². The van der Waals surface area contributed by atoms with E-state index < -0.39 is 0 Å². The van der Waals surface area contributed by atoms with Crippen LogP contribution in [0.15, 0.2) is 89.5 Å². The van der Waals surface area contributed by atoms with E-state index in [1.165, 1.54) is 0 Å². The summed E-state index contributed by atoms with van der Waals surface area (Å²) in [7, 11) is 0. The first kappa shape index (κ1) is 18.5. The van der Waals surface area contributed by atoms with Gasteiger partial charge in [-0.25, -0.2) is 4.98 Å². The molecule has 5 heteroatoms. The van der Waals surface area contributed by atoms with Crippen LogP contribution in [-0.4, -0.2) is 17.5 Å². The first-order valence-corrected chi connectivity index (χ1v) is 9.28. The second kappa shape index (κ2) is 8.44. The Hall–Kier alpha value is -3.86. The molecule has 1 aromatic heterocycles. The lowest BCUT2D eigenvalue weighted by atomic mass is 10.2. The molecule has 0 fully saturated rings. The Morgan fingerprint density at radius 3 is 2.38 bits per heavy atom. The zero-order valence-electron chi connectivity index (χ0n) is 16.0. The number of rotatable bonds is 6. The first-order valence-electron chi connectivity index (χ1n) is 9.28. The van der Waals surface area contributed by atoms with Crippen molar-refractivity contribution in [2.45, 2.75) is 6.92 Å². The topological polar surface area (TPSA) is 64.4 Å². The van der Waals surface area contributed by atoms with E-state index in [1.54, 1.807) is 6.26 Å². The van der Waals surface area contributed by atoms with Gasteiger partial charge in [0.25, 0.3) is 5.91 Å². The SMILES string of the molecule is Cc1ccc(OCC(=O)Nc2ccc(-c3nc(-c4ccccc4)co3)cc2)cc1. The summed E-state index contributed by atoms with van der Waals surface area (Å²) in [6, 6.07) is 24.8. The number of benzene rings is 3. The van der Waals surface area contributed by atoms with Gasteiger partial charge in [-0.2, -0.15) is 0 Å². The maximum Gasteiger partial charge on any atom is 0.262 e. The molecular formula is C24H20N2O3. The van der Waals surface area contributed by atoms with E-state index in [-0.39, 0.29) is 12.5 Å². The molecule has 0 unspecified atom stereocenters. The maximum absolute atomic E-state index is 12.1. The standard InChI is InChI=1S/C24H20N2O3/c1-17-7-13-21(14-8-17)28-16-23(27)25-20-11-9-19(10-12-20)24-26-22(15-29-24)18-5-3-2-4-6-18/h2-15H,16H2,1H3,(H,25,27). The van der Waals surface area contributed by atoms with Crippen molar-refractivity contribution in [2.24, 2.45) is 0 Å². The molecule has 0 saturated carbocycles. The number of carbonyl (C=O) groups excluding carboxylic acids is 1. The number of nitrogens with one attached hydrogen (secondary N) is 1. The average Bonchev–Trinajstić information content (AvgIpc) is 3.25. The molecule has 0 spiro atoms. The largest absolute Gasteiger partial charge is 0.484 e. The molecule has 0 radical (unpaired) electrons. The molecule has 0 bridgehead atoms. The van der Waals surface area contributed by atoms with Crippen LogP contribution in [0.1, 0.15) is 5.56 Å². The summed E-state index contributed by atoms with van der Waals surface area (Å²) in [5, 5.41) is 2.82. The molecule has 1 N–H and O–H groups in total. The molecule has 0 aliphatic rings. The van der Waals surface area contributed by atoms with E-state index in [0.29, 0.717) is 17.3 Å². The van der Waals surface area contributed by atoms with Gasteiger partial charge < -0.3 is 14.5 Å². The summed E-state index contributed by atoms with van der Waals surface area (Å²) >= 11 is 0. The second-order valence-electron chi connectivity index (χ2n) is 6.63. The molecule has 29 heavy (non-hydrogen) atoms. The van der Waals surface area contributed by atoms with Gasteiger partial charge in [0, 0.05) is 16.8 Å². The van der Waals surface area contributed by atoms with Crippen molar-refractivity contribution >= 4 is 11.6 Å². The first-order chi connectivity index (χ1) is 14.2. The Morgan fingerprint density at radius 2 is 1.66 bits per heavy atom. The molecule has 0 saturated heterocycles. The summed E-state index contributed by atoms with van der Waals surface area (Å²) in [5.74, 6) is 0.976. The highest BCUT2D eigenvalue weighted by Crippen LogP contribution is 2.25. The minimum atomic E-state index is -0.221. The van der Waals surface area contributed by atoms with Gasteiger partial charge in [0.15, 0.2) is 6.61 Å². The predicted molar refractivity (Wildman–Crippen MR) is 113 cm³/mol. The number of hydrogen-bond donors (Lipinski definition) is 1. The molecule has 0 atom stereocenters. The molecular weight excluding hydrogens is 364 g/mol. The summed E-state index contributed by atoms with van der Waals surface area (Å²) in [5.41, 5.74) is 4.44. The number of anilines is 1. The Bertz CT molecular complexity index is 1090. The third-order valence-corrected chi connectivity index (χ3v) is 4.38. The molecule has 5 nitrogen and oxygen atoms in total. The predicted octanol–water partition coefficient (Wildman–Crippen LogP) is 5.33. The smallest absolute Gasteiger partial charge is 0.262 e. The number of nitrogens with zero attached hydrogens (tertiary/aromatic N) is 1. The molecule has 1 amide bonds. The van der Waals surface area contributed by atoms with E-state index in [2.05, 4.69) is 10.3 Å². The fourth-order valence-electron chi connectivity index (χ4n) is 2.82. The van der Waals surface area contributed by atoms with E-state index in [4.69, 9.17) is 9.15 Å². The maximum atomic E-state index is 12.1.